The van der Waals surface area contributed by atoms with E-state index in [9.17, 15) is 14.7 Å². The number of aliphatic hydroxyl groups is 1. The number of nitrogens with one attached hydrogen (secondary N) is 2. The zero-order valence-electron chi connectivity index (χ0n) is 20.9. The molecule has 1 unspecified atom stereocenters. The summed E-state index contributed by atoms with van der Waals surface area (Å²) in [6.07, 6.45) is 3.39. The van der Waals surface area contributed by atoms with Crippen molar-refractivity contribution in [2.45, 2.75) is 77.2 Å². The van der Waals surface area contributed by atoms with Gasteiger partial charge in [-0.25, -0.2) is 9.78 Å². The number of carbonyl (C=O) groups excluding carboxylic acids is 2. The number of oxazole rings is 1. The third-order valence-corrected chi connectivity index (χ3v) is 7.04. The highest BCUT2D eigenvalue weighted by Gasteiger charge is 2.36. The second-order valence-corrected chi connectivity index (χ2v) is 9.97. The Kier molecular flexibility index (Phi) is 8.25. The molecule has 0 radical (unpaired) electrons. The lowest BCUT2D eigenvalue weighted by molar-refractivity contribution is -0.125. The summed E-state index contributed by atoms with van der Waals surface area (Å²) in [6, 6.07) is 15.2. The van der Waals surface area contributed by atoms with Crippen molar-refractivity contribution in [1.29, 1.82) is 0 Å². The summed E-state index contributed by atoms with van der Waals surface area (Å²) in [5.41, 5.74) is 2.03. The van der Waals surface area contributed by atoms with Crippen LogP contribution in [0.3, 0.4) is 0 Å². The van der Waals surface area contributed by atoms with Crippen LogP contribution in [-0.4, -0.2) is 34.2 Å². The van der Waals surface area contributed by atoms with Crippen LogP contribution in [0.1, 0.15) is 69.9 Å². The molecule has 3 N–H and O–H groups in total. The molecular weight excluding hydrogens is 458 g/mol. The molecular formula is C28H35N3O5. The van der Waals surface area contributed by atoms with Crippen molar-refractivity contribution in [1.82, 2.24) is 15.6 Å². The number of carbonyl (C=O) groups is 2. The molecule has 0 saturated heterocycles. The van der Waals surface area contributed by atoms with Gasteiger partial charge in [-0.2, -0.15) is 0 Å². The van der Waals surface area contributed by atoms with Crippen LogP contribution in [-0.2, 0) is 16.1 Å². The van der Waals surface area contributed by atoms with Gasteiger partial charge in [0, 0.05) is 0 Å². The fourth-order valence-corrected chi connectivity index (χ4v) is 4.92. The molecule has 8 heteroatoms. The van der Waals surface area contributed by atoms with Crippen molar-refractivity contribution >= 4 is 23.1 Å². The number of aliphatic hydroxyl groups excluding tert-OH is 1. The maximum atomic E-state index is 13.4. The van der Waals surface area contributed by atoms with E-state index in [1.165, 1.54) is 0 Å². The molecule has 0 bridgehead atoms. The van der Waals surface area contributed by atoms with Crippen molar-refractivity contribution in [3.63, 3.8) is 0 Å². The normalized spacial score (nSPS) is 17.3. The van der Waals surface area contributed by atoms with E-state index in [-0.39, 0.29) is 23.8 Å². The molecule has 8 nitrogen and oxygen atoms in total. The maximum absolute atomic E-state index is 13.4. The van der Waals surface area contributed by atoms with Crippen molar-refractivity contribution in [2.75, 3.05) is 0 Å². The average molecular weight is 494 g/mol. The van der Waals surface area contributed by atoms with Gasteiger partial charge < -0.3 is 24.9 Å². The molecule has 192 valence electrons. The Labute approximate surface area is 211 Å². The van der Waals surface area contributed by atoms with Crippen LogP contribution in [0.4, 0.5) is 4.79 Å². The zero-order valence-corrected chi connectivity index (χ0v) is 20.9. The molecule has 3 aromatic rings. The fourth-order valence-electron chi connectivity index (χ4n) is 4.92. The Balaban J connectivity index is 1.44. The SMILES string of the molecule is CC[C@H](NC(=O)[C@H](CC1(C)CCCC1)NC(=O)OCc1ccccc1)C(O)c1nc2ccccc2o1. The van der Waals surface area contributed by atoms with E-state index in [1.807, 2.05) is 49.4 Å². The third-order valence-electron chi connectivity index (χ3n) is 7.04. The smallest absolute Gasteiger partial charge is 0.408 e. The first-order chi connectivity index (χ1) is 17.4. The summed E-state index contributed by atoms with van der Waals surface area (Å²) < 4.78 is 11.1. The van der Waals surface area contributed by atoms with E-state index >= 15 is 0 Å². The van der Waals surface area contributed by atoms with Crippen LogP contribution in [0.25, 0.3) is 11.1 Å². The molecule has 1 aliphatic carbocycles. The number of benzene rings is 2. The van der Waals surface area contributed by atoms with Gasteiger partial charge >= 0.3 is 6.09 Å². The number of amides is 2. The van der Waals surface area contributed by atoms with E-state index < -0.39 is 24.3 Å². The van der Waals surface area contributed by atoms with Crippen molar-refractivity contribution in [2.24, 2.45) is 5.41 Å². The number of ether oxygens (including phenoxy) is 1. The minimum Gasteiger partial charge on any atom is -0.445 e. The van der Waals surface area contributed by atoms with E-state index in [4.69, 9.17) is 9.15 Å². The highest BCUT2D eigenvalue weighted by molar-refractivity contribution is 5.86. The first-order valence-corrected chi connectivity index (χ1v) is 12.7. The summed E-state index contributed by atoms with van der Waals surface area (Å²) in [5.74, 6) is -0.209. The lowest BCUT2D eigenvalue weighted by Crippen LogP contribution is -2.52. The molecule has 1 aromatic heterocycles. The van der Waals surface area contributed by atoms with E-state index in [1.54, 1.807) is 12.1 Å². The van der Waals surface area contributed by atoms with Gasteiger partial charge in [-0.05, 0) is 48.8 Å². The van der Waals surface area contributed by atoms with E-state index in [2.05, 4.69) is 22.5 Å². The highest BCUT2D eigenvalue weighted by atomic mass is 16.5. The first-order valence-electron chi connectivity index (χ1n) is 12.7. The molecule has 36 heavy (non-hydrogen) atoms. The van der Waals surface area contributed by atoms with Gasteiger partial charge in [0.2, 0.25) is 11.8 Å². The van der Waals surface area contributed by atoms with E-state index in [0.29, 0.717) is 23.9 Å². The van der Waals surface area contributed by atoms with Gasteiger partial charge in [-0.15, -0.1) is 0 Å². The van der Waals surface area contributed by atoms with Gasteiger partial charge in [-0.1, -0.05) is 69.2 Å². The topological polar surface area (TPSA) is 114 Å². The second kappa shape index (κ2) is 11.6. The van der Waals surface area contributed by atoms with Gasteiger partial charge in [0.25, 0.3) is 0 Å². The number of alkyl carbamates (subject to hydrolysis) is 1. The zero-order chi connectivity index (χ0) is 25.5. The lowest BCUT2D eigenvalue weighted by Gasteiger charge is -2.30. The number of para-hydroxylation sites is 2. The monoisotopic (exact) mass is 493 g/mol. The Bertz CT molecular complexity index is 1120. The molecule has 3 atom stereocenters. The number of rotatable bonds is 10. The predicted octanol–water partition coefficient (Wildman–Crippen LogP) is 5.02. The predicted molar refractivity (Wildman–Crippen MR) is 136 cm³/mol. The molecule has 2 aromatic carbocycles. The minimum atomic E-state index is -1.13. The van der Waals surface area contributed by atoms with Crippen molar-refractivity contribution in [3.05, 3.63) is 66.1 Å². The number of fused-ring (bicyclic) bond motifs is 1. The standard InChI is InChI=1S/C28H35N3O5/c1-3-20(24(32)26-30-21-13-7-8-14-23(21)36-26)29-25(33)22(17-28(2)15-9-10-16-28)31-27(34)35-18-19-11-5-4-6-12-19/h4-8,11-14,20,22,24,32H,3,9-10,15-18H2,1-2H3,(H,29,33)(H,31,34)/t20-,22-,24?/m0/s1. The third kappa shape index (κ3) is 6.43. The quantitative estimate of drug-likeness (QED) is 0.365. The molecule has 4 rings (SSSR count). The van der Waals surface area contributed by atoms with E-state index in [0.717, 1.165) is 31.2 Å². The van der Waals surface area contributed by atoms with Crippen LogP contribution >= 0.6 is 0 Å². The molecule has 1 heterocycles. The number of nitrogens with zero attached hydrogens (tertiary/aromatic N) is 1. The summed E-state index contributed by atoms with van der Waals surface area (Å²) >= 11 is 0. The number of aromatic nitrogens is 1. The minimum absolute atomic E-state index is 0.0463. The molecule has 1 aliphatic rings. The Morgan fingerprint density at radius 1 is 1.08 bits per heavy atom. The molecule has 0 spiro atoms. The summed E-state index contributed by atoms with van der Waals surface area (Å²) in [6.45, 7) is 4.14. The molecule has 1 saturated carbocycles. The molecule has 0 aliphatic heterocycles. The number of hydrogen-bond donors (Lipinski definition) is 3. The Hall–Kier alpha value is -3.39. The average Bonchev–Trinajstić information content (AvgIpc) is 3.52. The van der Waals surface area contributed by atoms with Crippen LogP contribution in [0, 0.1) is 5.41 Å². The van der Waals surface area contributed by atoms with Crippen LogP contribution in [0.2, 0.25) is 0 Å². The van der Waals surface area contributed by atoms with Gasteiger partial charge in [0.15, 0.2) is 11.7 Å². The van der Waals surface area contributed by atoms with Crippen molar-refractivity contribution < 1.29 is 23.8 Å². The summed E-state index contributed by atoms with van der Waals surface area (Å²) in [5, 5.41) is 16.7. The maximum Gasteiger partial charge on any atom is 0.408 e. The van der Waals surface area contributed by atoms with Gasteiger partial charge in [-0.3, -0.25) is 4.79 Å². The summed E-state index contributed by atoms with van der Waals surface area (Å²) in [4.78, 5) is 30.4. The van der Waals surface area contributed by atoms with Crippen LogP contribution in [0.15, 0.2) is 59.0 Å². The largest absolute Gasteiger partial charge is 0.445 e. The van der Waals surface area contributed by atoms with Crippen LogP contribution in [0.5, 0.6) is 0 Å². The highest BCUT2D eigenvalue weighted by Crippen LogP contribution is 2.41. The second-order valence-electron chi connectivity index (χ2n) is 9.97. The lowest BCUT2D eigenvalue weighted by atomic mass is 9.81. The van der Waals surface area contributed by atoms with Gasteiger partial charge in [0.1, 0.15) is 18.2 Å². The molecule has 2 amide bonds. The van der Waals surface area contributed by atoms with Gasteiger partial charge in [0.05, 0.1) is 6.04 Å². The fraction of sp³-hybridized carbons (Fsp3) is 0.464. The summed E-state index contributed by atoms with van der Waals surface area (Å²) in [7, 11) is 0. The first kappa shape index (κ1) is 25.7. The van der Waals surface area contributed by atoms with Crippen molar-refractivity contribution in [3.8, 4) is 0 Å². The molecule has 1 fully saturated rings. The Morgan fingerprint density at radius 3 is 2.47 bits per heavy atom. The van der Waals surface area contributed by atoms with Crippen LogP contribution < -0.4 is 10.6 Å². The Morgan fingerprint density at radius 2 is 1.78 bits per heavy atom. The number of hydrogen-bond acceptors (Lipinski definition) is 6.